The summed E-state index contributed by atoms with van der Waals surface area (Å²) in [5, 5.41) is 0.597. The van der Waals surface area contributed by atoms with Crippen molar-refractivity contribution < 1.29 is 22.1 Å². The number of nitrogens with zero attached hydrogens (tertiary/aromatic N) is 1. The molecule has 2 rings (SSSR count). The number of hydrogen-bond acceptors (Lipinski definition) is 5. The number of hydrogen-bond donors (Lipinski definition) is 0. The standard InChI is InChI=1S/C17H23Cl2NO5S/c1-17(2,3)25-16(21)20(13-5-6-13)9-12-7-11(8-14(18)15(12)19)10-24-26(4,22)23/h7-8,13H,5-6,9-10H2,1-4H3. The van der Waals surface area contributed by atoms with Crippen molar-refractivity contribution in [2.75, 3.05) is 6.26 Å². The number of rotatable bonds is 6. The Morgan fingerprint density at radius 2 is 1.88 bits per heavy atom. The minimum atomic E-state index is -3.58. The molecule has 0 N–H and O–H groups in total. The van der Waals surface area contributed by atoms with Gasteiger partial charge in [0.1, 0.15) is 5.60 Å². The molecule has 146 valence electrons. The van der Waals surface area contributed by atoms with Crippen LogP contribution in [-0.2, 0) is 32.2 Å². The van der Waals surface area contributed by atoms with Crippen LogP contribution in [0.3, 0.4) is 0 Å². The molecule has 1 saturated carbocycles. The van der Waals surface area contributed by atoms with E-state index in [1.807, 2.05) is 20.8 Å². The lowest BCUT2D eigenvalue weighted by molar-refractivity contribution is 0.0216. The molecule has 0 bridgehead atoms. The largest absolute Gasteiger partial charge is 0.444 e. The van der Waals surface area contributed by atoms with Crippen molar-refractivity contribution in [3.05, 3.63) is 33.3 Å². The zero-order valence-corrected chi connectivity index (χ0v) is 17.5. The molecular weight excluding hydrogens is 401 g/mol. The SMILES string of the molecule is CC(C)(C)OC(=O)N(Cc1cc(COS(C)(=O)=O)cc(Cl)c1Cl)C1CC1. The molecule has 0 unspecified atom stereocenters. The highest BCUT2D eigenvalue weighted by atomic mass is 35.5. The zero-order chi connectivity index (χ0) is 19.7. The Bertz CT molecular complexity index is 785. The van der Waals surface area contributed by atoms with E-state index in [9.17, 15) is 13.2 Å². The topological polar surface area (TPSA) is 72.9 Å². The third-order valence-corrected chi connectivity index (χ3v) is 4.95. The van der Waals surface area contributed by atoms with Crippen LogP contribution in [0.15, 0.2) is 12.1 Å². The van der Waals surface area contributed by atoms with Crippen molar-refractivity contribution in [2.45, 2.75) is 58.4 Å². The van der Waals surface area contributed by atoms with Crippen LogP contribution < -0.4 is 0 Å². The van der Waals surface area contributed by atoms with Gasteiger partial charge >= 0.3 is 6.09 Å². The second-order valence-electron chi connectivity index (χ2n) is 7.36. The van der Waals surface area contributed by atoms with E-state index in [2.05, 4.69) is 0 Å². The van der Waals surface area contributed by atoms with Crippen molar-refractivity contribution >= 4 is 39.4 Å². The Morgan fingerprint density at radius 1 is 1.27 bits per heavy atom. The molecule has 0 aliphatic heterocycles. The number of ether oxygens (including phenoxy) is 1. The van der Waals surface area contributed by atoms with Crippen LogP contribution in [-0.4, -0.2) is 37.3 Å². The Labute approximate surface area is 164 Å². The van der Waals surface area contributed by atoms with Crippen LogP contribution in [0.1, 0.15) is 44.7 Å². The number of benzene rings is 1. The van der Waals surface area contributed by atoms with E-state index >= 15 is 0 Å². The summed E-state index contributed by atoms with van der Waals surface area (Å²) in [6.45, 7) is 5.50. The van der Waals surface area contributed by atoms with Gasteiger partial charge in [0.15, 0.2) is 0 Å². The molecule has 1 aliphatic carbocycles. The van der Waals surface area contributed by atoms with Crippen LogP contribution in [0.4, 0.5) is 4.79 Å². The zero-order valence-electron chi connectivity index (χ0n) is 15.2. The first-order valence-electron chi connectivity index (χ1n) is 8.16. The van der Waals surface area contributed by atoms with E-state index in [1.54, 1.807) is 17.0 Å². The molecule has 26 heavy (non-hydrogen) atoms. The molecule has 0 spiro atoms. The van der Waals surface area contributed by atoms with Crippen LogP contribution in [0.2, 0.25) is 10.0 Å². The normalized spacial score (nSPS) is 15.0. The number of amides is 1. The predicted octanol–water partition coefficient (Wildman–Crippen LogP) is 4.37. The van der Waals surface area contributed by atoms with Gasteiger partial charge in [-0.05, 0) is 50.8 Å². The molecule has 1 aromatic rings. The van der Waals surface area contributed by atoms with Gasteiger partial charge in [0.25, 0.3) is 10.1 Å². The van der Waals surface area contributed by atoms with Crippen molar-refractivity contribution in [3.8, 4) is 0 Å². The fourth-order valence-corrected chi connectivity index (χ4v) is 3.10. The first kappa shape index (κ1) is 21.3. The monoisotopic (exact) mass is 423 g/mol. The molecule has 6 nitrogen and oxygen atoms in total. The summed E-state index contributed by atoms with van der Waals surface area (Å²) in [6.07, 6.45) is 2.37. The maximum atomic E-state index is 12.5. The molecule has 0 aromatic heterocycles. The summed E-state index contributed by atoms with van der Waals surface area (Å²) in [4.78, 5) is 14.1. The van der Waals surface area contributed by atoms with E-state index in [1.165, 1.54) is 0 Å². The predicted molar refractivity (Wildman–Crippen MR) is 101 cm³/mol. The number of halogens is 2. The second-order valence-corrected chi connectivity index (χ2v) is 9.79. The van der Waals surface area contributed by atoms with E-state index in [-0.39, 0.29) is 24.2 Å². The minimum absolute atomic E-state index is 0.107. The van der Waals surface area contributed by atoms with Gasteiger partial charge in [-0.3, -0.25) is 4.18 Å². The lowest BCUT2D eigenvalue weighted by Crippen LogP contribution is -2.37. The van der Waals surface area contributed by atoms with Crippen LogP contribution in [0.25, 0.3) is 0 Å². The molecule has 1 fully saturated rings. The van der Waals surface area contributed by atoms with Crippen LogP contribution >= 0.6 is 23.2 Å². The molecule has 9 heteroatoms. The minimum Gasteiger partial charge on any atom is -0.444 e. The van der Waals surface area contributed by atoms with E-state index in [0.29, 0.717) is 16.1 Å². The maximum Gasteiger partial charge on any atom is 0.410 e. The smallest absolute Gasteiger partial charge is 0.410 e. The molecule has 1 aromatic carbocycles. The summed E-state index contributed by atoms with van der Waals surface area (Å²) in [6, 6.07) is 3.35. The molecule has 0 radical (unpaired) electrons. The number of carbonyl (C=O) groups excluding carboxylic acids is 1. The summed E-state index contributed by atoms with van der Waals surface area (Å²) in [5.74, 6) is 0. The molecule has 0 atom stereocenters. The van der Waals surface area contributed by atoms with Gasteiger partial charge in [0, 0.05) is 6.04 Å². The molecular formula is C17H23Cl2NO5S. The summed E-state index contributed by atoms with van der Waals surface area (Å²) < 4.78 is 32.7. The Hall–Kier alpha value is -1.02. The third kappa shape index (κ3) is 6.61. The van der Waals surface area contributed by atoms with Crippen molar-refractivity contribution in [3.63, 3.8) is 0 Å². The third-order valence-electron chi connectivity index (χ3n) is 3.56. The quantitative estimate of drug-likeness (QED) is 0.635. The highest BCUT2D eigenvalue weighted by molar-refractivity contribution is 7.85. The van der Waals surface area contributed by atoms with Crippen LogP contribution in [0, 0.1) is 0 Å². The lowest BCUT2D eigenvalue weighted by atomic mass is 10.1. The van der Waals surface area contributed by atoms with E-state index < -0.39 is 21.8 Å². The van der Waals surface area contributed by atoms with Crippen molar-refractivity contribution in [2.24, 2.45) is 0 Å². The van der Waals surface area contributed by atoms with E-state index in [4.69, 9.17) is 32.1 Å². The summed E-state index contributed by atoms with van der Waals surface area (Å²) >= 11 is 12.5. The lowest BCUT2D eigenvalue weighted by Gasteiger charge is -2.28. The maximum absolute atomic E-state index is 12.5. The van der Waals surface area contributed by atoms with Gasteiger partial charge in [0.2, 0.25) is 0 Å². The fourth-order valence-electron chi connectivity index (χ4n) is 2.31. The van der Waals surface area contributed by atoms with Crippen molar-refractivity contribution in [1.82, 2.24) is 4.90 Å². The Kier molecular flexibility index (Phi) is 6.48. The average Bonchev–Trinajstić information content (AvgIpc) is 3.28. The molecule has 0 saturated heterocycles. The van der Waals surface area contributed by atoms with E-state index in [0.717, 1.165) is 19.1 Å². The average molecular weight is 424 g/mol. The van der Waals surface area contributed by atoms with Gasteiger partial charge in [-0.25, -0.2) is 4.79 Å². The first-order valence-corrected chi connectivity index (χ1v) is 10.7. The Morgan fingerprint density at radius 3 is 2.38 bits per heavy atom. The fraction of sp³-hybridized carbons (Fsp3) is 0.588. The van der Waals surface area contributed by atoms with Gasteiger partial charge in [0.05, 0.1) is 29.5 Å². The van der Waals surface area contributed by atoms with Gasteiger partial charge in [-0.2, -0.15) is 8.42 Å². The van der Waals surface area contributed by atoms with Gasteiger partial charge < -0.3 is 9.64 Å². The highest BCUT2D eigenvalue weighted by Gasteiger charge is 2.35. The highest BCUT2D eigenvalue weighted by Crippen LogP contribution is 2.34. The molecule has 1 amide bonds. The van der Waals surface area contributed by atoms with Gasteiger partial charge in [-0.15, -0.1) is 0 Å². The van der Waals surface area contributed by atoms with Crippen molar-refractivity contribution in [1.29, 1.82) is 0 Å². The Balaban J connectivity index is 2.22. The summed E-state index contributed by atoms with van der Waals surface area (Å²) in [7, 11) is -3.58. The van der Waals surface area contributed by atoms with Crippen LogP contribution in [0.5, 0.6) is 0 Å². The molecule has 1 aliphatic rings. The summed E-state index contributed by atoms with van der Waals surface area (Å²) in [5.41, 5.74) is 0.570. The van der Waals surface area contributed by atoms with Gasteiger partial charge in [-0.1, -0.05) is 29.3 Å². The molecule has 0 heterocycles. The number of carbonyl (C=O) groups is 1. The first-order chi connectivity index (χ1) is 11.9. The second kappa shape index (κ2) is 7.92.